The van der Waals surface area contributed by atoms with Crippen molar-refractivity contribution in [2.24, 2.45) is 0 Å². The fourth-order valence-corrected chi connectivity index (χ4v) is 7.44. The van der Waals surface area contributed by atoms with Crippen molar-refractivity contribution in [1.29, 1.82) is 0 Å². The van der Waals surface area contributed by atoms with Gasteiger partial charge in [0.1, 0.15) is 47.6 Å². The maximum Gasteiger partial charge on any atom is 0.222 e. The number of ether oxygens (including phenoxy) is 7. The number of aliphatic hydroxyl groups excluding tert-OH is 1. The van der Waals surface area contributed by atoms with E-state index in [1.807, 2.05) is 18.2 Å². The van der Waals surface area contributed by atoms with Crippen LogP contribution in [0.3, 0.4) is 0 Å². The molecular formula is C42H64O9. The van der Waals surface area contributed by atoms with Crippen LogP contribution in [0.2, 0.25) is 0 Å². The van der Waals surface area contributed by atoms with E-state index in [1.54, 1.807) is 25.3 Å². The van der Waals surface area contributed by atoms with Gasteiger partial charge in [0.25, 0.3) is 0 Å². The second kappa shape index (κ2) is 19.2. The first-order valence-electron chi connectivity index (χ1n) is 19.8. The molecule has 2 fully saturated rings. The molecule has 2 unspecified atom stereocenters. The lowest BCUT2D eigenvalue weighted by molar-refractivity contribution is -0.375. The van der Waals surface area contributed by atoms with Crippen LogP contribution in [0, 0.1) is 0 Å². The number of hydrogen-bond donors (Lipinski definition) is 2. The highest BCUT2D eigenvalue weighted by Crippen LogP contribution is 2.47. The van der Waals surface area contributed by atoms with Gasteiger partial charge in [-0.3, -0.25) is 0 Å². The number of hydrogen-bond acceptors (Lipinski definition) is 9. The molecule has 5 rings (SSSR count). The lowest BCUT2D eigenvalue weighted by Gasteiger charge is -2.50. The van der Waals surface area contributed by atoms with Gasteiger partial charge in [0.05, 0.1) is 13.7 Å². The first kappa shape index (κ1) is 40.0. The van der Waals surface area contributed by atoms with E-state index in [-0.39, 0.29) is 12.2 Å². The van der Waals surface area contributed by atoms with Crippen molar-refractivity contribution in [2.45, 2.75) is 153 Å². The van der Waals surface area contributed by atoms with Crippen molar-refractivity contribution in [3.63, 3.8) is 0 Å². The molecule has 3 aliphatic rings. The predicted octanol–water partition coefficient (Wildman–Crippen LogP) is 7.94. The summed E-state index contributed by atoms with van der Waals surface area (Å²) < 4.78 is 44.8. The summed E-state index contributed by atoms with van der Waals surface area (Å²) in [5.41, 5.74) is 2.79. The van der Waals surface area contributed by atoms with Crippen molar-refractivity contribution in [2.75, 3.05) is 40.1 Å². The molecule has 6 atom stereocenters. The average molecular weight is 713 g/mol. The number of aryl methyl sites for hydroxylation is 1. The van der Waals surface area contributed by atoms with E-state index in [4.69, 9.17) is 33.2 Å². The SMILES string of the molecule is CCCCOC[C@H]1OC(O)(c2ccc(OC)c(C(O)c3ccc4c(c3)CCC3(CCC3)O4)c2)[C@H](OCCCC)[C@@H](OCCCC)[C@@H]1OCCCC. The number of aliphatic hydroxyl groups is 2. The zero-order valence-electron chi connectivity index (χ0n) is 31.8. The summed E-state index contributed by atoms with van der Waals surface area (Å²) in [5.74, 6) is -0.519. The van der Waals surface area contributed by atoms with E-state index in [1.165, 1.54) is 6.42 Å². The maximum absolute atomic E-state index is 12.9. The van der Waals surface area contributed by atoms with E-state index in [9.17, 15) is 10.2 Å². The van der Waals surface area contributed by atoms with Gasteiger partial charge in [-0.15, -0.1) is 0 Å². The minimum Gasteiger partial charge on any atom is -0.496 e. The lowest BCUT2D eigenvalue weighted by atomic mass is 9.74. The van der Waals surface area contributed by atoms with Crippen molar-refractivity contribution in [1.82, 2.24) is 0 Å². The summed E-state index contributed by atoms with van der Waals surface area (Å²) in [6, 6.07) is 11.3. The Bertz CT molecular complexity index is 1350. The first-order chi connectivity index (χ1) is 24.8. The highest BCUT2D eigenvalue weighted by atomic mass is 16.7. The highest BCUT2D eigenvalue weighted by Gasteiger charge is 2.57. The third-order valence-corrected chi connectivity index (χ3v) is 10.8. The monoisotopic (exact) mass is 712 g/mol. The smallest absolute Gasteiger partial charge is 0.222 e. The minimum absolute atomic E-state index is 0.00702. The lowest BCUT2D eigenvalue weighted by Crippen LogP contribution is -2.66. The number of unbranched alkanes of at least 4 members (excludes halogenated alkanes) is 4. The zero-order valence-corrected chi connectivity index (χ0v) is 31.8. The van der Waals surface area contributed by atoms with Crippen LogP contribution in [0.1, 0.15) is 133 Å². The van der Waals surface area contributed by atoms with Crippen LogP contribution < -0.4 is 9.47 Å². The molecule has 9 heteroatoms. The normalized spacial score (nSPS) is 25.9. The van der Waals surface area contributed by atoms with Crippen molar-refractivity contribution in [3.05, 3.63) is 58.7 Å². The molecule has 0 amide bonds. The molecule has 1 spiro atoms. The Hall–Kier alpha value is -2.24. The Labute approximate surface area is 306 Å². The Balaban J connectivity index is 1.52. The van der Waals surface area contributed by atoms with Gasteiger partial charge in [-0.2, -0.15) is 0 Å². The molecule has 0 radical (unpaired) electrons. The number of rotatable bonds is 21. The Morgan fingerprint density at radius 1 is 0.804 bits per heavy atom. The molecule has 0 aromatic heterocycles. The van der Waals surface area contributed by atoms with Gasteiger partial charge < -0.3 is 43.4 Å². The van der Waals surface area contributed by atoms with Crippen molar-refractivity contribution in [3.8, 4) is 11.5 Å². The summed E-state index contributed by atoms with van der Waals surface area (Å²) in [7, 11) is 1.59. The van der Waals surface area contributed by atoms with E-state index < -0.39 is 36.3 Å². The number of benzene rings is 2. The second-order valence-corrected chi connectivity index (χ2v) is 14.7. The van der Waals surface area contributed by atoms with E-state index in [0.29, 0.717) is 43.3 Å². The first-order valence-corrected chi connectivity index (χ1v) is 19.8. The molecule has 2 aliphatic heterocycles. The average Bonchev–Trinajstić information content (AvgIpc) is 3.13. The van der Waals surface area contributed by atoms with Gasteiger partial charge in [-0.1, -0.05) is 59.4 Å². The zero-order chi connectivity index (χ0) is 36.3. The van der Waals surface area contributed by atoms with Crippen LogP contribution in [-0.2, 0) is 35.9 Å². The second-order valence-electron chi connectivity index (χ2n) is 14.7. The van der Waals surface area contributed by atoms with Crippen LogP contribution in [-0.4, -0.2) is 80.4 Å². The van der Waals surface area contributed by atoms with E-state index in [0.717, 1.165) is 93.9 Å². The third-order valence-electron chi connectivity index (χ3n) is 10.8. The van der Waals surface area contributed by atoms with E-state index >= 15 is 0 Å². The summed E-state index contributed by atoms with van der Waals surface area (Å²) in [6.07, 6.45) is 9.04. The standard InChI is InChI=1S/C42H64O9/c1-6-10-23-46-29-36-38(47-24-11-7-2)39(48-25-12-8-3)40(49-26-13-9-4)42(44,51-36)32-16-18-35(45-5)33(28-32)37(43)31-15-17-34-30(27-31)19-22-41(50-34)20-14-21-41/h15-18,27-28,36-40,43-44H,6-14,19-26,29H2,1-5H3/t36-,37?,38-,39+,40-,42?/m1/s1. The molecule has 2 heterocycles. The van der Waals surface area contributed by atoms with Gasteiger partial charge in [0.2, 0.25) is 5.79 Å². The topological polar surface area (TPSA) is 105 Å². The molecular weight excluding hydrogens is 648 g/mol. The molecule has 1 saturated carbocycles. The Kier molecular flexibility index (Phi) is 15.0. The fourth-order valence-electron chi connectivity index (χ4n) is 7.44. The Morgan fingerprint density at radius 3 is 2.12 bits per heavy atom. The fraction of sp³-hybridized carbons (Fsp3) is 0.714. The van der Waals surface area contributed by atoms with Crippen LogP contribution in [0.4, 0.5) is 0 Å². The summed E-state index contributed by atoms with van der Waals surface area (Å²) in [4.78, 5) is 0. The van der Waals surface area contributed by atoms with Gasteiger partial charge in [0.15, 0.2) is 0 Å². The molecule has 0 bridgehead atoms. The molecule has 51 heavy (non-hydrogen) atoms. The highest BCUT2D eigenvalue weighted by molar-refractivity contribution is 5.47. The molecule has 2 N–H and O–H groups in total. The van der Waals surface area contributed by atoms with Gasteiger partial charge in [-0.05, 0) is 99.2 Å². The molecule has 9 nitrogen and oxygen atoms in total. The third kappa shape index (κ3) is 9.47. The molecule has 1 aliphatic carbocycles. The molecule has 1 saturated heterocycles. The number of methoxy groups -OCH3 is 1. The van der Waals surface area contributed by atoms with Gasteiger partial charge >= 0.3 is 0 Å². The van der Waals surface area contributed by atoms with Crippen LogP contribution in [0.15, 0.2) is 36.4 Å². The van der Waals surface area contributed by atoms with E-state index in [2.05, 4.69) is 27.7 Å². The van der Waals surface area contributed by atoms with Gasteiger partial charge in [0, 0.05) is 37.6 Å². The minimum atomic E-state index is -1.93. The predicted molar refractivity (Wildman–Crippen MR) is 197 cm³/mol. The summed E-state index contributed by atoms with van der Waals surface area (Å²) >= 11 is 0. The quantitative estimate of drug-likeness (QED) is 0.125. The van der Waals surface area contributed by atoms with Gasteiger partial charge in [-0.25, -0.2) is 0 Å². The summed E-state index contributed by atoms with van der Waals surface area (Å²) in [5, 5.41) is 24.8. The van der Waals surface area contributed by atoms with Crippen LogP contribution in [0.5, 0.6) is 11.5 Å². The number of fused-ring (bicyclic) bond motifs is 1. The summed E-state index contributed by atoms with van der Waals surface area (Å²) in [6.45, 7) is 10.8. The van der Waals surface area contributed by atoms with Crippen LogP contribution in [0.25, 0.3) is 0 Å². The largest absolute Gasteiger partial charge is 0.496 e. The molecule has 2 aromatic rings. The van der Waals surface area contributed by atoms with Crippen LogP contribution >= 0.6 is 0 Å². The van der Waals surface area contributed by atoms with Crippen molar-refractivity contribution >= 4 is 0 Å². The van der Waals surface area contributed by atoms with Crippen molar-refractivity contribution < 1.29 is 43.4 Å². The Morgan fingerprint density at radius 2 is 1.47 bits per heavy atom. The molecule has 2 aromatic carbocycles. The molecule has 286 valence electrons. The maximum atomic E-state index is 12.9.